The van der Waals surface area contributed by atoms with Crippen LogP contribution in [0, 0.1) is 0 Å². The summed E-state index contributed by atoms with van der Waals surface area (Å²) in [7, 11) is 2.01. The molecule has 0 aliphatic carbocycles. The van der Waals surface area contributed by atoms with Crippen molar-refractivity contribution >= 4 is 17.2 Å². The number of hydrogen-bond donors (Lipinski definition) is 0. The fourth-order valence-corrected chi connectivity index (χ4v) is 3.58. The van der Waals surface area contributed by atoms with Gasteiger partial charge < -0.3 is 14.2 Å². The van der Waals surface area contributed by atoms with Crippen LogP contribution in [0.1, 0.15) is 40.7 Å². The molecule has 4 nitrogen and oxygen atoms in total. The number of nitrogens with zero attached hydrogens (tertiary/aromatic N) is 2. The van der Waals surface area contributed by atoms with Gasteiger partial charge in [0.15, 0.2) is 0 Å². The van der Waals surface area contributed by atoms with Crippen LogP contribution in [0.15, 0.2) is 60.1 Å². The second kappa shape index (κ2) is 9.42. The zero-order valence-electron chi connectivity index (χ0n) is 15.9. The first-order valence-corrected chi connectivity index (χ1v) is 10.2. The minimum absolute atomic E-state index is 0.0321. The number of carbonyl (C=O) groups excluding carboxylic acids is 1. The molecule has 1 aromatic carbocycles. The average molecular weight is 383 g/mol. The Hall–Kier alpha value is -2.53. The van der Waals surface area contributed by atoms with E-state index in [-0.39, 0.29) is 5.91 Å². The van der Waals surface area contributed by atoms with Crippen molar-refractivity contribution in [3.63, 3.8) is 0 Å². The molecule has 0 radical (unpaired) electrons. The van der Waals surface area contributed by atoms with Gasteiger partial charge in [-0.05, 0) is 54.3 Å². The maximum Gasteiger partial charge on any atom is 0.254 e. The van der Waals surface area contributed by atoms with E-state index in [2.05, 4.69) is 23.6 Å². The molecule has 2 heterocycles. The molecule has 27 heavy (non-hydrogen) atoms. The molecule has 0 aliphatic heterocycles. The van der Waals surface area contributed by atoms with Crippen molar-refractivity contribution in [2.75, 3.05) is 6.61 Å². The van der Waals surface area contributed by atoms with Crippen LogP contribution in [0.3, 0.4) is 0 Å². The minimum Gasteiger partial charge on any atom is -0.494 e. The van der Waals surface area contributed by atoms with Crippen molar-refractivity contribution in [3.05, 3.63) is 76.2 Å². The fourth-order valence-electron chi connectivity index (χ4n) is 2.86. The number of aromatic nitrogens is 1. The highest BCUT2D eigenvalue weighted by Crippen LogP contribution is 2.19. The van der Waals surface area contributed by atoms with Crippen molar-refractivity contribution in [1.29, 1.82) is 0 Å². The maximum absolute atomic E-state index is 13.2. The first-order chi connectivity index (χ1) is 13.2. The highest BCUT2D eigenvalue weighted by Gasteiger charge is 2.18. The van der Waals surface area contributed by atoms with Crippen LogP contribution in [-0.4, -0.2) is 22.0 Å². The first-order valence-electron chi connectivity index (χ1n) is 9.32. The van der Waals surface area contributed by atoms with E-state index in [1.165, 1.54) is 4.88 Å². The van der Waals surface area contributed by atoms with Crippen LogP contribution in [0.5, 0.6) is 5.75 Å². The number of hydrogen-bond acceptors (Lipinski definition) is 3. The normalized spacial score (nSPS) is 10.7. The Morgan fingerprint density at radius 2 is 1.93 bits per heavy atom. The third-order valence-electron chi connectivity index (χ3n) is 4.49. The summed E-state index contributed by atoms with van der Waals surface area (Å²) in [6, 6.07) is 15.6. The molecule has 3 rings (SSSR count). The summed E-state index contributed by atoms with van der Waals surface area (Å²) in [6.45, 7) is 4.03. The highest BCUT2D eigenvalue weighted by atomic mass is 32.1. The molecule has 5 heteroatoms. The predicted octanol–water partition coefficient (Wildman–Crippen LogP) is 5.11. The lowest BCUT2D eigenvalue weighted by molar-refractivity contribution is 0.0728. The molecular formula is C22H26N2O2S. The molecular weight excluding hydrogens is 356 g/mol. The van der Waals surface area contributed by atoms with Gasteiger partial charge in [0.25, 0.3) is 5.91 Å². The van der Waals surface area contributed by atoms with Crippen molar-refractivity contribution in [1.82, 2.24) is 9.47 Å². The van der Waals surface area contributed by atoms with Gasteiger partial charge in [-0.3, -0.25) is 4.79 Å². The molecule has 1 amide bonds. The molecule has 0 saturated heterocycles. The van der Waals surface area contributed by atoms with Crippen LogP contribution in [0.4, 0.5) is 0 Å². The Bertz CT molecular complexity index is 838. The Labute approximate surface area is 165 Å². The van der Waals surface area contributed by atoms with Gasteiger partial charge in [-0.15, -0.1) is 11.3 Å². The molecule has 142 valence electrons. The second-order valence-electron chi connectivity index (χ2n) is 6.58. The lowest BCUT2D eigenvalue weighted by Gasteiger charge is -2.23. The van der Waals surface area contributed by atoms with Gasteiger partial charge >= 0.3 is 0 Å². The number of amides is 1. The van der Waals surface area contributed by atoms with Crippen LogP contribution < -0.4 is 4.74 Å². The summed E-state index contributed by atoms with van der Waals surface area (Å²) in [5, 5.41) is 2.04. The number of rotatable bonds is 9. The Balaban J connectivity index is 1.74. The summed E-state index contributed by atoms with van der Waals surface area (Å²) >= 11 is 1.67. The number of unbranched alkanes of at least 4 members (excludes halogenated alkanes) is 1. The van der Waals surface area contributed by atoms with Crippen LogP contribution in [0.25, 0.3) is 0 Å². The zero-order valence-corrected chi connectivity index (χ0v) is 16.7. The van der Waals surface area contributed by atoms with Crippen molar-refractivity contribution in [2.45, 2.75) is 32.9 Å². The van der Waals surface area contributed by atoms with Gasteiger partial charge in [-0.2, -0.15) is 0 Å². The molecule has 0 fully saturated rings. The zero-order chi connectivity index (χ0) is 19.1. The molecule has 0 atom stereocenters. The third kappa shape index (κ3) is 5.23. The topological polar surface area (TPSA) is 34.5 Å². The molecule has 3 aromatic rings. The Morgan fingerprint density at radius 1 is 1.11 bits per heavy atom. The summed E-state index contributed by atoms with van der Waals surface area (Å²) < 4.78 is 7.76. The van der Waals surface area contributed by atoms with E-state index in [1.807, 2.05) is 59.9 Å². The molecule has 2 aromatic heterocycles. The quantitative estimate of drug-likeness (QED) is 0.482. The minimum atomic E-state index is 0.0321. The van der Waals surface area contributed by atoms with Crippen molar-refractivity contribution in [2.24, 2.45) is 7.05 Å². The molecule has 0 unspecified atom stereocenters. The summed E-state index contributed by atoms with van der Waals surface area (Å²) in [6.07, 6.45) is 4.14. The van der Waals surface area contributed by atoms with E-state index in [0.29, 0.717) is 25.3 Å². The van der Waals surface area contributed by atoms with Gasteiger partial charge in [0.2, 0.25) is 0 Å². The highest BCUT2D eigenvalue weighted by molar-refractivity contribution is 7.09. The number of carbonyl (C=O) groups is 1. The monoisotopic (exact) mass is 382 g/mol. The number of aryl methyl sites for hydroxylation is 1. The molecule has 0 N–H and O–H groups in total. The number of thiophene rings is 1. The van der Waals surface area contributed by atoms with E-state index in [4.69, 9.17) is 4.74 Å². The molecule has 0 aliphatic rings. The Kier molecular flexibility index (Phi) is 6.71. The van der Waals surface area contributed by atoms with Crippen molar-refractivity contribution < 1.29 is 9.53 Å². The van der Waals surface area contributed by atoms with Crippen LogP contribution in [-0.2, 0) is 20.1 Å². The summed E-state index contributed by atoms with van der Waals surface area (Å²) in [5.74, 6) is 0.844. The SMILES string of the molecule is CCCCOc1ccc(C(=O)N(Cc2cccs2)Cc2cccn2C)cc1. The lowest BCUT2D eigenvalue weighted by atomic mass is 10.1. The van der Waals surface area contributed by atoms with Crippen LogP contribution >= 0.6 is 11.3 Å². The number of benzene rings is 1. The predicted molar refractivity (Wildman–Crippen MR) is 110 cm³/mol. The van der Waals surface area contributed by atoms with E-state index in [1.54, 1.807) is 11.3 Å². The van der Waals surface area contributed by atoms with Crippen LogP contribution in [0.2, 0.25) is 0 Å². The average Bonchev–Trinajstić information content (AvgIpc) is 3.33. The largest absolute Gasteiger partial charge is 0.494 e. The smallest absolute Gasteiger partial charge is 0.254 e. The van der Waals surface area contributed by atoms with Gasteiger partial charge in [0.1, 0.15) is 5.75 Å². The summed E-state index contributed by atoms with van der Waals surface area (Å²) in [5.41, 5.74) is 1.79. The van der Waals surface area contributed by atoms with E-state index < -0.39 is 0 Å². The van der Waals surface area contributed by atoms with Crippen molar-refractivity contribution in [3.8, 4) is 5.75 Å². The van der Waals surface area contributed by atoms with E-state index in [9.17, 15) is 4.79 Å². The standard InChI is InChI=1S/C22H26N2O2S/c1-3-4-14-26-20-11-9-18(10-12-20)22(25)24(17-21-8-6-15-27-21)16-19-7-5-13-23(19)2/h5-13,15H,3-4,14,16-17H2,1-2H3. The fraction of sp³-hybridized carbons (Fsp3) is 0.318. The Morgan fingerprint density at radius 3 is 2.56 bits per heavy atom. The van der Waals surface area contributed by atoms with E-state index >= 15 is 0 Å². The molecule has 0 saturated carbocycles. The third-order valence-corrected chi connectivity index (χ3v) is 5.35. The first kappa shape index (κ1) is 19.2. The maximum atomic E-state index is 13.2. The van der Waals surface area contributed by atoms with E-state index in [0.717, 1.165) is 24.3 Å². The second-order valence-corrected chi connectivity index (χ2v) is 7.61. The van der Waals surface area contributed by atoms with Gasteiger partial charge in [-0.25, -0.2) is 0 Å². The van der Waals surface area contributed by atoms with Gasteiger partial charge in [-0.1, -0.05) is 19.4 Å². The summed E-state index contributed by atoms with van der Waals surface area (Å²) in [4.78, 5) is 16.2. The number of ether oxygens (including phenoxy) is 1. The molecule has 0 bridgehead atoms. The van der Waals surface area contributed by atoms with Gasteiger partial charge in [0, 0.05) is 29.4 Å². The molecule has 0 spiro atoms. The lowest BCUT2D eigenvalue weighted by Crippen LogP contribution is -2.30. The van der Waals surface area contributed by atoms with Gasteiger partial charge in [0.05, 0.1) is 19.7 Å².